The Hall–Kier alpha value is -4.18. The van der Waals surface area contributed by atoms with Crippen LogP contribution in [-0.4, -0.2) is 22.2 Å². The largest absolute Gasteiger partial charge is 0.478 e. The van der Waals surface area contributed by atoms with E-state index in [1.165, 1.54) is 0 Å². The quantitative estimate of drug-likeness (QED) is 0.312. The Balaban J connectivity index is 2.28. The molecule has 0 bridgehead atoms. The lowest BCUT2D eigenvalue weighted by Gasteiger charge is -2.24. The Bertz CT molecular complexity index is 1370. The van der Waals surface area contributed by atoms with Gasteiger partial charge in [-0.05, 0) is 69.5 Å². The molecule has 0 aliphatic heterocycles. The van der Waals surface area contributed by atoms with Crippen LogP contribution in [0, 0.1) is 0 Å². The first kappa shape index (κ1) is 23.0. The molecule has 0 heterocycles. The monoisotopic (exact) mass is 450 g/mol. The van der Waals surface area contributed by atoms with Crippen LogP contribution in [0.5, 0.6) is 0 Å². The van der Waals surface area contributed by atoms with Crippen molar-refractivity contribution in [1.82, 2.24) is 0 Å². The third-order valence-electron chi connectivity index (χ3n) is 6.17. The molecule has 0 aliphatic carbocycles. The Labute approximate surface area is 199 Å². The van der Waals surface area contributed by atoms with Gasteiger partial charge in [0.15, 0.2) is 0 Å². The topological polar surface area (TPSA) is 74.6 Å². The fourth-order valence-electron chi connectivity index (χ4n) is 4.65. The average Bonchev–Trinajstić information content (AvgIpc) is 2.87. The normalized spacial score (nSPS) is 10.8. The average molecular weight is 451 g/mol. The summed E-state index contributed by atoms with van der Waals surface area (Å²) in [5.41, 5.74) is 7.04. The summed E-state index contributed by atoms with van der Waals surface area (Å²) < 4.78 is 0. The summed E-state index contributed by atoms with van der Waals surface area (Å²) >= 11 is 0. The van der Waals surface area contributed by atoms with Crippen LogP contribution >= 0.6 is 0 Å². The third-order valence-corrected chi connectivity index (χ3v) is 6.17. The van der Waals surface area contributed by atoms with E-state index in [4.69, 9.17) is 0 Å². The summed E-state index contributed by atoms with van der Waals surface area (Å²) in [4.78, 5) is 24.5. The predicted molar refractivity (Wildman–Crippen MR) is 135 cm³/mol. The highest BCUT2D eigenvalue weighted by Gasteiger charge is 2.26. The van der Waals surface area contributed by atoms with Gasteiger partial charge in [0.2, 0.25) is 0 Å². The van der Waals surface area contributed by atoms with E-state index in [1.807, 2.05) is 61.5 Å². The zero-order valence-electron chi connectivity index (χ0n) is 19.2. The second-order valence-corrected chi connectivity index (χ2v) is 8.09. The minimum atomic E-state index is -1.02. The van der Waals surface area contributed by atoms with Crippen LogP contribution in [0.3, 0.4) is 0 Å². The molecule has 0 aromatic heterocycles. The molecule has 0 aliphatic rings. The van der Waals surface area contributed by atoms with E-state index in [2.05, 4.69) is 13.0 Å². The van der Waals surface area contributed by atoms with Gasteiger partial charge in [0, 0.05) is 0 Å². The molecular weight excluding hydrogens is 424 g/mol. The number of benzene rings is 4. The van der Waals surface area contributed by atoms with Gasteiger partial charge < -0.3 is 10.2 Å². The Morgan fingerprint density at radius 3 is 1.53 bits per heavy atom. The van der Waals surface area contributed by atoms with Crippen molar-refractivity contribution in [3.63, 3.8) is 0 Å². The van der Waals surface area contributed by atoms with Crippen molar-refractivity contribution in [2.24, 2.45) is 0 Å². The second kappa shape index (κ2) is 9.75. The molecule has 2 N–H and O–H groups in total. The van der Waals surface area contributed by atoms with Crippen molar-refractivity contribution in [2.45, 2.75) is 26.7 Å². The van der Waals surface area contributed by atoms with E-state index in [0.29, 0.717) is 17.5 Å². The van der Waals surface area contributed by atoms with Gasteiger partial charge in [-0.15, -0.1) is 0 Å². The number of rotatable bonds is 7. The minimum Gasteiger partial charge on any atom is -0.478 e. The summed E-state index contributed by atoms with van der Waals surface area (Å²) in [6.07, 6.45) is 1.42. The zero-order chi connectivity index (χ0) is 24.2. The first-order valence-electron chi connectivity index (χ1n) is 11.4. The SMILES string of the molecule is CCc1cc(CC)c(-c2ccccc2C(=O)O)c(-c2ccccc2C(=O)O)c1-c1ccccc1. The smallest absolute Gasteiger partial charge is 0.336 e. The maximum atomic E-state index is 12.3. The van der Waals surface area contributed by atoms with Crippen LogP contribution in [0.4, 0.5) is 0 Å². The van der Waals surface area contributed by atoms with Gasteiger partial charge in [-0.2, -0.15) is 0 Å². The summed E-state index contributed by atoms with van der Waals surface area (Å²) in [5, 5.41) is 20.0. The summed E-state index contributed by atoms with van der Waals surface area (Å²) in [6.45, 7) is 4.12. The molecule has 0 unspecified atom stereocenters. The van der Waals surface area contributed by atoms with E-state index in [1.54, 1.807) is 24.3 Å². The molecule has 0 saturated carbocycles. The molecule has 0 atom stereocenters. The van der Waals surface area contributed by atoms with Crippen LogP contribution in [-0.2, 0) is 12.8 Å². The van der Waals surface area contributed by atoms with E-state index < -0.39 is 11.9 Å². The lowest BCUT2D eigenvalue weighted by molar-refractivity contribution is 0.0686. The van der Waals surface area contributed by atoms with Gasteiger partial charge in [0.05, 0.1) is 11.1 Å². The van der Waals surface area contributed by atoms with Crippen LogP contribution < -0.4 is 0 Å². The van der Waals surface area contributed by atoms with Crippen molar-refractivity contribution in [3.8, 4) is 33.4 Å². The van der Waals surface area contributed by atoms with E-state index in [-0.39, 0.29) is 11.1 Å². The predicted octanol–water partition coefficient (Wildman–Crippen LogP) is 7.21. The van der Waals surface area contributed by atoms with Gasteiger partial charge in [-0.1, -0.05) is 86.6 Å². The lowest BCUT2D eigenvalue weighted by atomic mass is 9.79. The Kier molecular flexibility index (Phi) is 6.60. The van der Waals surface area contributed by atoms with Crippen LogP contribution in [0.2, 0.25) is 0 Å². The van der Waals surface area contributed by atoms with Crippen molar-refractivity contribution >= 4 is 11.9 Å². The van der Waals surface area contributed by atoms with E-state index in [9.17, 15) is 19.8 Å². The molecule has 4 rings (SSSR count). The lowest BCUT2D eigenvalue weighted by Crippen LogP contribution is -2.07. The standard InChI is InChI=1S/C30H26O4/c1-3-19-18-20(4-2)27(22-14-8-10-16-24(22)29(31)32)28(26(19)21-12-6-5-7-13-21)23-15-9-11-17-25(23)30(33)34/h5-18H,3-4H2,1-2H3,(H,31,32)(H,33,34). The highest BCUT2D eigenvalue weighted by Crippen LogP contribution is 2.46. The fraction of sp³-hybridized carbons (Fsp3) is 0.133. The van der Waals surface area contributed by atoms with Gasteiger partial charge in [-0.25, -0.2) is 9.59 Å². The van der Waals surface area contributed by atoms with Crippen LogP contribution in [0.15, 0.2) is 84.9 Å². The highest BCUT2D eigenvalue weighted by atomic mass is 16.4. The van der Waals surface area contributed by atoms with Gasteiger partial charge >= 0.3 is 11.9 Å². The molecule has 170 valence electrons. The van der Waals surface area contributed by atoms with Gasteiger partial charge in [-0.3, -0.25) is 0 Å². The van der Waals surface area contributed by atoms with Crippen molar-refractivity contribution < 1.29 is 19.8 Å². The third kappa shape index (κ3) is 4.11. The second-order valence-electron chi connectivity index (χ2n) is 8.09. The maximum absolute atomic E-state index is 12.3. The van der Waals surface area contributed by atoms with Crippen LogP contribution in [0.1, 0.15) is 45.7 Å². The number of aromatic carboxylic acids is 2. The molecule has 4 heteroatoms. The molecular formula is C30H26O4. The minimum absolute atomic E-state index is 0.184. The Morgan fingerprint density at radius 1 is 0.588 bits per heavy atom. The van der Waals surface area contributed by atoms with Crippen molar-refractivity contribution in [3.05, 3.63) is 107 Å². The first-order valence-corrected chi connectivity index (χ1v) is 11.4. The van der Waals surface area contributed by atoms with Gasteiger partial charge in [0.1, 0.15) is 0 Å². The molecule has 0 amide bonds. The molecule has 4 aromatic rings. The van der Waals surface area contributed by atoms with Gasteiger partial charge in [0.25, 0.3) is 0 Å². The number of carbonyl (C=O) groups is 2. The number of carboxylic acids is 2. The van der Waals surface area contributed by atoms with Crippen LogP contribution in [0.25, 0.3) is 33.4 Å². The Morgan fingerprint density at radius 2 is 1.03 bits per heavy atom. The molecule has 0 fully saturated rings. The molecule has 0 saturated heterocycles. The number of carboxylic acid groups (broad SMARTS) is 2. The number of aryl methyl sites for hydroxylation is 2. The molecule has 0 radical (unpaired) electrons. The molecule has 0 spiro atoms. The zero-order valence-corrected chi connectivity index (χ0v) is 19.2. The fourth-order valence-corrected chi connectivity index (χ4v) is 4.65. The van der Waals surface area contributed by atoms with E-state index >= 15 is 0 Å². The summed E-state index contributed by atoms with van der Waals surface area (Å²) in [5.74, 6) is -2.04. The molecule has 4 aromatic carbocycles. The molecule has 34 heavy (non-hydrogen) atoms. The maximum Gasteiger partial charge on any atom is 0.336 e. The first-order chi connectivity index (χ1) is 16.5. The number of hydrogen-bond acceptors (Lipinski definition) is 2. The van der Waals surface area contributed by atoms with Crippen molar-refractivity contribution in [1.29, 1.82) is 0 Å². The summed E-state index contributed by atoms with van der Waals surface area (Å²) in [7, 11) is 0. The number of hydrogen-bond donors (Lipinski definition) is 2. The highest BCUT2D eigenvalue weighted by molar-refractivity contribution is 6.07. The summed E-state index contributed by atoms with van der Waals surface area (Å²) in [6, 6.07) is 25.9. The molecule has 4 nitrogen and oxygen atoms in total. The van der Waals surface area contributed by atoms with E-state index in [0.717, 1.165) is 39.8 Å². The van der Waals surface area contributed by atoms with Crippen molar-refractivity contribution in [2.75, 3.05) is 0 Å².